The fourth-order valence-electron chi connectivity index (χ4n) is 4.30. The summed E-state index contributed by atoms with van der Waals surface area (Å²) in [6.45, 7) is 2.98. The summed E-state index contributed by atoms with van der Waals surface area (Å²) < 4.78 is 19.2. The van der Waals surface area contributed by atoms with E-state index in [0.717, 1.165) is 35.4 Å². The van der Waals surface area contributed by atoms with Gasteiger partial charge in [-0.15, -0.1) is 0 Å². The maximum absolute atomic E-state index is 13.7. The summed E-state index contributed by atoms with van der Waals surface area (Å²) in [7, 11) is 0. The van der Waals surface area contributed by atoms with E-state index in [2.05, 4.69) is 10.1 Å². The molecule has 1 atom stereocenters. The number of aromatic nitrogens is 3. The molecule has 0 bridgehead atoms. The summed E-state index contributed by atoms with van der Waals surface area (Å²) in [5, 5.41) is 4.02. The number of hydrogen-bond donors (Lipinski definition) is 0. The summed E-state index contributed by atoms with van der Waals surface area (Å²) in [5.41, 5.74) is 3.66. The molecule has 166 valence electrons. The molecule has 1 unspecified atom stereocenters. The SMILES string of the molecule is Cc1cc(-c2cnc(-c3ccccc3)nc2C2CCCN(C(=O)c3cccc(F)c3)C2)on1. The van der Waals surface area contributed by atoms with Gasteiger partial charge in [-0.2, -0.15) is 0 Å². The number of likely N-dealkylation sites (tertiary alicyclic amines) is 1. The predicted octanol–water partition coefficient (Wildman–Crippen LogP) is 5.27. The van der Waals surface area contributed by atoms with E-state index >= 15 is 0 Å². The number of hydrogen-bond acceptors (Lipinski definition) is 5. The number of piperidine rings is 1. The normalized spacial score (nSPS) is 16.1. The first-order valence-corrected chi connectivity index (χ1v) is 11.0. The Morgan fingerprint density at radius 1 is 1.12 bits per heavy atom. The summed E-state index contributed by atoms with van der Waals surface area (Å²) >= 11 is 0. The topological polar surface area (TPSA) is 72.1 Å². The van der Waals surface area contributed by atoms with E-state index in [4.69, 9.17) is 9.51 Å². The summed E-state index contributed by atoms with van der Waals surface area (Å²) in [6.07, 6.45) is 3.47. The Morgan fingerprint density at radius 2 is 1.97 bits per heavy atom. The van der Waals surface area contributed by atoms with Gasteiger partial charge in [0.2, 0.25) is 0 Å². The van der Waals surface area contributed by atoms with E-state index in [1.54, 1.807) is 23.2 Å². The first-order chi connectivity index (χ1) is 16.1. The number of benzene rings is 2. The van der Waals surface area contributed by atoms with E-state index in [0.29, 0.717) is 30.2 Å². The third-order valence-electron chi connectivity index (χ3n) is 5.91. The Bertz CT molecular complexity index is 1290. The molecule has 6 nitrogen and oxygen atoms in total. The molecule has 1 aliphatic rings. The van der Waals surface area contributed by atoms with Crippen LogP contribution in [0.1, 0.15) is 40.5 Å². The average molecular weight is 442 g/mol. The molecular weight excluding hydrogens is 419 g/mol. The number of amides is 1. The van der Waals surface area contributed by atoms with Crippen LogP contribution in [-0.2, 0) is 0 Å². The maximum atomic E-state index is 13.7. The second kappa shape index (κ2) is 8.94. The molecule has 1 saturated heterocycles. The van der Waals surface area contributed by atoms with Crippen molar-refractivity contribution in [1.29, 1.82) is 0 Å². The predicted molar refractivity (Wildman–Crippen MR) is 122 cm³/mol. The summed E-state index contributed by atoms with van der Waals surface area (Å²) in [6, 6.07) is 17.5. The molecule has 7 heteroatoms. The van der Waals surface area contributed by atoms with Crippen molar-refractivity contribution in [3.63, 3.8) is 0 Å². The van der Waals surface area contributed by atoms with Crippen LogP contribution < -0.4 is 0 Å². The lowest BCUT2D eigenvalue weighted by Crippen LogP contribution is -2.39. The van der Waals surface area contributed by atoms with Crippen molar-refractivity contribution in [2.24, 2.45) is 0 Å². The standard InChI is InChI=1S/C26H23FN4O2/c1-17-13-23(33-30-17)22-15-28-25(18-7-3-2-4-8-18)29-24(22)20-10-6-12-31(16-20)26(32)19-9-5-11-21(27)14-19/h2-5,7-9,11,13-15,20H,6,10,12,16H2,1H3. The highest BCUT2D eigenvalue weighted by atomic mass is 19.1. The monoisotopic (exact) mass is 442 g/mol. The van der Waals surface area contributed by atoms with Crippen LogP contribution in [0.5, 0.6) is 0 Å². The molecule has 1 amide bonds. The minimum Gasteiger partial charge on any atom is -0.356 e. The minimum atomic E-state index is -0.416. The number of rotatable bonds is 4. The first-order valence-electron chi connectivity index (χ1n) is 11.0. The van der Waals surface area contributed by atoms with Gasteiger partial charge in [0.1, 0.15) is 5.82 Å². The van der Waals surface area contributed by atoms with E-state index in [9.17, 15) is 9.18 Å². The molecule has 2 aromatic carbocycles. The van der Waals surface area contributed by atoms with Crippen LogP contribution in [0.4, 0.5) is 4.39 Å². The Hall–Kier alpha value is -3.87. The zero-order valence-corrected chi connectivity index (χ0v) is 18.2. The Morgan fingerprint density at radius 3 is 2.73 bits per heavy atom. The lowest BCUT2D eigenvalue weighted by molar-refractivity contribution is 0.0705. The quantitative estimate of drug-likeness (QED) is 0.431. The molecular formula is C26H23FN4O2. The smallest absolute Gasteiger partial charge is 0.253 e. The highest BCUT2D eigenvalue weighted by Gasteiger charge is 2.29. The summed E-state index contributed by atoms with van der Waals surface area (Å²) in [5.74, 6) is 0.631. The summed E-state index contributed by atoms with van der Waals surface area (Å²) in [4.78, 5) is 24.4. The van der Waals surface area contributed by atoms with Gasteiger partial charge < -0.3 is 9.42 Å². The third kappa shape index (κ3) is 4.39. The molecule has 33 heavy (non-hydrogen) atoms. The third-order valence-corrected chi connectivity index (χ3v) is 5.91. The fraction of sp³-hybridized carbons (Fsp3) is 0.231. The van der Waals surface area contributed by atoms with Crippen LogP contribution in [0, 0.1) is 12.7 Å². The van der Waals surface area contributed by atoms with Crippen LogP contribution in [0.15, 0.2) is 71.4 Å². The lowest BCUT2D eigenvalue weighted by Gasteiger charge is -2.33. The Balaban J connectivity index is 1.51. The van der Waals surface area contributed by atoms with Crippen molar-refractivity contribution in [3.8, 4) is 22.7 Å². The van der Waals surface area contributed by atoms with Gasteiger partial charge >= 0.3 is 0 Å². The van der Waals surface area contributed by atoms with Crippen molar-refractivity contribution < 1.29 is 13.7 Å². The van der Waals surface area contributed by atoms with Gasteiger partial charge in [-0.05, 0) is 38.0 Å². The van der Waals surface area contributed by atoms with E-state index in [-0.39, 0.29) is 11.8 Å². The number of carbonyl (C=O) groups excluding carboxylic acids is 1. The molecule has 4 aromatic rings. The Labute approximate surface area is 191 Å². The van der Waals surface area contributed by atoms with E-state index in [1.807, 2.05) is 43.3 Å². The molecule has 0 aliphatic carbocycles. The number of halogens is 1. The first kappa shape index (κ1) is 21.0. The molecule has 2 aromatic heterocycles. The van der Waals surface area contributed by atoms with Crippen molar-refractivity contribution in [1.82, 2.24) is 20.0 Å². The largest absolute Gasteiger partial charge is 0.356 e. The number of aryl methyl sites for hydroxylation is 1. The van der Waals surface area contributed by atoms with Gasteiger partial charge in [0.05, 0.1) is 17.0 Å². The van der Waals surface area contributed by atoms with Gasteiger partial charge in [0, 0.05) is 42.4 Å². The fourth-order valence-corrected chi connectivity index (χ4v) is 4.30. The van der Waals surface area contributed by atoms with Crippen molar-refractivity contribution in [2.45, 2.75) is 25.7 Å². The molecule has 0 saturated carbocycles. The van der Waals surface area contributed by atoms with E-state index < -0.39 is 5.82 Å². The zero-order valence-electron chi connectivity index (χ0n) is 18.2. The number of carbonyl (C=O) groups is 1. The average Bonchev–Trinajstić information content (AvgIpc) is 3.30. The van der Waals surface area contributed by atoms with E-state index in [1.165, 1.54) is 12.1 Å². The van der Waals surface area contributed by atoms with Crippen LogP contribution in [0.2, 0.25) is 0 Å². The van der Waals surface area contributed by atoms with Gasteiger partial charge in [-0.3, -0.25) is 4.79 Å². The van der Waals surface area contributed by atoms with Gasteiger partial charge in [0.15, 0.2) is 11.6 Å². The van der Waals surface area contributed by atoms with Gasteiger partial charge in [0.25, 0.3) is 5.91 Å². The van der Waals surface area contributed by atoms with Crippen molar-refractivity contribution >= 4 is 5.91 Å². The molecule has 3 heterocycles. The van der Waals surface area contributed by atoms with Crippen LogP contribution in [0.25, 0.3) is 22.7 Å². The second-order valence-corrected chi connectivity index (χ2v) is 8.29. The highest BCUT2D eigenvalue weighted by molar-refractivity contribution is 5.94. The van der Waals surface area contributed by atoms with Crippen LogP contribution in [-0.4, -0.2) is 39.0 Å². The van der Waals surface area contributed by atoms with Crippen molar-refractivity contribution in [3.05, 3.63) is 89.6 Å². The molecule has 1 aliphatic heterocycles. The van der Waals surface area contributed by atoms with Crippen LogP contribution >= 0.6 is 0 Å². The maximum Gasteiger partial charge on any atom is 0.253 e. The minimum absolute atomic E-state index is 0.0119. The number of nitrogens with zero attached hydrogens (tertiary/aromatic N) is 4. The van der Waals surface area contributed by atoms with Crippen LogP contribution in [0.3, 0.4) is 0 Å². The lowest BCUT2D eigenvalue weighted by atomic mass is 9.90. The highest BCUT2D eigenvalue weighted by Crippen LogP contribution is 2.35. The molecule has 0 N–H and O–H groups in total. The molecule has 0 spiro atoms. The second-order valence-electron chi connectivity index (χ2n) is 8.29. The zero-order chi connectivity index (χ0) is 22.8. The molecule has 5 rings (SSSR count). The molecule has 1 fully saturated rings. The Kier molecular flexibility index (Phi) is 5.69. The van der Waals surface area contributed by atoms with Gasteiger partial charge in [-0.1, -0.05) is 41.6 Å². The molecule has 0 radical (unpaired) electrons. The van der Waals surface area contributed by atoms with Crippen molar-refractivity contribution in [2.75, 3.05) is 13.1 Å². The van der Waals surface area contributed by atoms with Gasteiger partial charge in [-0.25, -0.2) is 14.4 Å².